The molecule has 0 atom stereocenters. The first-order chi connectivity index (χ1) is 15.1. The number of methoxy groups -OCH3 is 1. The van der Waals surface area contributed by atoms with E-state index in [2.05, 4.69) is 25.7 Å². The van der Waals surface area contributed by atoms with Crippen LogP contribution in [-0.2, 0) is 0 Å². The maximum atomic E-state index is 12.5. The predicted molar refractivity (Wildman–Crippen MR) is 124 cm³/mol. The van der Waals surface area contributed by atoms with Crippen LogP contribution in [0.5, 0.6) is 5.75 Å². The Hall–Kier alpha value is -3.61. The van der Waals surface area contributed by atoms with Crippen molar-refractivity contribution in [3.8, 4) is 17.0 Å². The molecule has 3 aromatic rings. The minimum absolute atomic E-state index is 0.340. The number of nitrogens with one attached hydrogen (secondary N) is 2. The summed E-state index contributed by atoms with van der Waals surface area (Å²) >= 11 is 0. The molecular weight excluding hydrogens is 390 g/mol. The first-order valence-electron chi connectivity index (χ1n) is 10.5. The number of amides is 2. The zero-order valence-corrected chi connectivity index (χ0v) is 17.9. The highest BCUT2D eigenvalue weighted by molar-refractivity contribution is 6.01. The van der Waals surface area contributed by atoms with E-state index in [1.54, 1.807) is 7.11 Å². The summed E-state index contributed by atoms with van der Waals surface area (Å²) in [4.78, 5) is 14.8. The molecule has 2 heterocycles. The van der Waals surface area contributed by atoms with Crippen molar-refractivity contribution in [3.05, 3.63) is 60.2 Å². The number of aromatic nitrogens is 2. The summed E-state index contributed by atoms with van der Waals surface area (Å²) in [6.45, 7) is 4.03. The van der Waals surface area contributed by atoms with Crippen LogP contribution in [0.3, 0.4) is 0 Å². The summed E-state index contributed by atoms with van der Waals surface area (Å²) in [5.74, 6) is 1.53. The largest absolute Gasteiger partial charge is 0.495 e. The molecule has 4 rings (SSSR count). The van der Waals surface area contributed by atoms with Crippen molar-refractivity contribution in [3.63, 3.8) is 0 Å². The smallest absolute Gasteiger partial charge is 0.323 e. The molecule has 0 aliphatic carbocycles. The number of carbonyl (C=O) groups is 1. The lowest BCUT2D eigenvalue weighted by Gasteiger charge is -2.27. The molecule has 160 valence electrons. The second-order valence-corrected chi connectivity index (χ2v) is 7.69. The van der Waals surface area contributed by atoms with Gasteiger partial charge in [-0.1, -0.05) is 18.2 Å². The van der Waals surface area contributed by atoms with Gasteiger partial charge in [-0.2, -0.15) is 0 Å². The minimum Gasteiger partial charge on any atom is -0.495 e. The molecular formula is C24H27N5O2. The maximum Gasteiger partial charge on any atom is 0.323 e. The number of hydrogen-bond donors (Lipinski definition) is 2. The first-order valence-corrected chi connectivity index (χ1v) is 10.5. The van der Waals surface area contributed by atoms with Crippen molar-refractivity contribution in [2.75, 3.05) is 35.7 Å². The third-order valence-corrected chi connectivity index (χ3v) is 5.35. The molecule has 7 nitrogen and oxygen atoms in total. The summed E-state index contributed by atoms with van der Waals surface area (Å²) in [7, 11) is 1.58. The average Bonchev–Trinajstić information content (AvgIpc) is 2.80. The van der Waals surface area contributed by atoms with E-state index < -0.39 is 0 Å². The molecule has 1 fully saturated rings. The van der Waals surface area contributed by atoms with Crippen LogP contribution >= 0.6 is 0 Å². The van der Waals surface area contributed by atoms with Gasteiger partial charge in [-0.25, -0.2) is 4.79 Å². The van der Waals surface area contributed by atoms with Gasteiger partial charge in [-0.3, -0.25) is 0 Å². The van der Waals surface area contributed by atoms with Gasteiger partial charge in [0.05, 0.1) is 18.5 Å². The normalized spacial score (nSPS) is 13.5. The number of benzene rings is 2. The highest BCUT2D eigenvalue weighted by atomic mass is 16.5. The number of aryl methyl sites for hydroxylation is 1. The summed E-state index contributed by atoms with van der Waals surface area (Å²) < 4.78 is 5.32. The Bertz CT molecular complexity index is 1050. The van der Waals surface area contributed by atoms with Crippen LogP contribution in [0.25, 0.3) is 11.3 Å². The number of anilines is 3. The Morgan fingerprint density at radius 3 is 2.55 bits per heavy atom. The summed E-state index contributed by atoms with van der Waals surface area (Å²) in [6.07, 6.45) is 3.69. The van der Waals surface area contributed by atoms with E-state index in [0.29, 0.717) is 17.1 Å². The van der Waals surface area contributed by atoms with Crippen molar-refractivity contribution in [2.45, 2.75) is 26.2 Å². The third kappa shape index (κ3) is 5.12. The second-order valence-electron chi connectivity index (χ2n) is 7.69. The van der Waals surface area contributed by atoms with E-state index in [1.807, 2.05) is 61.5 Å². The lowest BCUT2D eigenvalue weighted by molar-refractivity contribution is 0.262. The van der Waals surface area contributed by atoms with Gasteiger partial charge < -0.3 is 20.3 Å². The van der Waals surface area contributed by atoms with Gasteiger partial charge in [0.1, 0.15) is 5.75 Å². The zero-order chi connectivity index (χ0) is 21.6. The Morgan fingerprint density at radius 2 is 1.81 bits per heavy atom. The highest BCUT2D eigenvalue weighted by Gasteiger charge is 2.13. The standard InChI is InChI=1S/C24H27N5O2/c1-17-9-11-22(31-2)21(15-17)26-24(30)25-19-8-6-7-18(16-19)20-10-12-23(28-27-20)29-13-4-3-5-14-29/h6-12,15-16H,3-5,13-14H2,1-2H3,(H2,25,26,30). The van der Waals surface area contributed by atoms with Crippen molar-refractivity contribution < 1.29 is 9.53 Å². The van der Waals surface area contributed by atoms with Crippen molar-refractivity contribution in [2.24, 2.45) is 0 Å². The van der Waals surface area contributed by atoms with Crippen molar-refractivity contribution in [1.29, 1.82) is 0 Å². The van der Waals surface area contributed by atoms with Gasteiger partial charge in [0, 0.05) is 24.3 Å². The zero-order valence-electron chi connectivity index (χ0n) is 17.9. The average molecular weight is 418 g/mol. The molecule has 7 heteroatoms. The molecule has 0 bridgehead atoms. The van der Waals surface area contributed by atoms with E-state index in [1.165, 1.54) is 19.3 Å². The quantitative estimate of drug-likeness (QED) is 0.604. The van der Waals surface area contributed by atoms with Crippen LogP contribution in [0.4, 0.5) is 22.0 Å². The maximum absolute atomic E-state index is 12.5. The van der Waals surface area contributed by atoms with Crippen molar-refractivity contribution >= 4 is 23.2 Å². The van der Waals surface area contributed by atoms with E-state index >= 15 is 0 Å². The van der Waals surface area contributed by atoms with Crippen LogP contribution in [0.2, 0.25) is 0 Å². The molecule has 0 unspecified atom stereocenters. The Balaban J connectivity index is 1.44. The number of nitrogens with zero attached hydrogens (tertiary/aromatic N) is 3. The molecule has 31 heavy (non-hydrogen) atoms. The first kappa shape index (κ1) is 20.7. The van der Waals surface area contributed by atoms with Crippen LogP contribution < -0.4 is 20.3 Å². The number of hydrogen-bond acceptors (Lipinski definition) is 5. The van der Waals surface area contributed by atoms with Crippen LogP contribution in [0, 0.1) is 6.92 Å². The fraction of sp³-hybridized carbons (Fsp3) is 0.292. The fourth-order valence-electron chi connectivity index (χ4n) is 3.73. The molecule has 1 aliphatic heterocycles. The van der Waals surface area contributed by atoms with Gasteiger partial charge in [0.25, 0.3) is 0 Å². The fourth-order valence-corrected chi connectivity index (χ4v) is 3.73. The van der Waals surface area contributed by atoms with Gasteiger partial charge in [-0.15, -0.1) is 10.2 Å². The number of piperidine rings is 1. The molecule has 2 N–H and O–H groups in total. The Morgan fingerprint density at radius 1 is 0.968 bits per heavy atom. The summed E-state index contributed by atoms with van der Waals surface area (Å²) in [5.41, 5.74) is 3.98. The molecule has 1 aliphatic rings. The Kier molecular flexibility index (Phi) is 6.31. The van der Waals surface area contributed by atoms with E-state index in [-0.39, 0.29) is 6.03 Å². The topological polar surface area (TPSA) is 79.4 Å². The van der Waals surface area contributed by atoms with Gasteiger partial charge >= 0.3 is 6.03 Å². The Labute approximate surface area is 182 Å². The number of carbonyl (C=O) groups excluding carboxylic acids is 1. The molecule has 2 aromatic carbocycles. The number of ether oxygens (including phenoxy) is 1. The van der Waals surface area contributed by atoms with E-state index in [9.17, 15) is 4.79 Å². The second kappa shape index (κ2) is 9.47. The van der Waals surface area contributed by atoms with Crippen molar-refractivity contribution in [1.82, 2.24) is 10.2 Å². The molecule has 2 amide bonds. The van der Waals surface area contributed by atoms with Gasteiger partial charge in [-0.05, 0) is 68.1 Å². The summed E-state index contributed by atoms with van der Waals surface area (Å²) in [5, 5.41) is 14.5. The minimum atomic E-state index is -0.340. The molecule has 0 radical (unpaired) electrons. The number of urea groups is 1. The molecule has 0 saturated carbocycles. The highest BCUT2D eigenvalue weighted by Crippen LogP contribution is 2.26. The SMILES string of the molecule is COc1ccc(C)cc1NC(=O)Nc1cccc(-c2ccc(N3CCCCC3)nn2)c1. The predicted octanol–water partition coefficient (Wildman–Crippen LogP) is 5.09. The van der Waals surface area contributed by atoms with Crippen LogP contribution in [-0.4, -0.2) is 36.4 Å². The molecule has 1 saturated heterocycles. The monoisotopic (exact) mass is 417 g/mol. The number of rotatable bonds is 5. The lowest BCUT2D eigenvalue weighted by atomic mass is 10.1. The van der Waals surface area contributed by atoms with Gasteiger partial charge in [0.2, 0.25) is 0 Å². The van der Waals surface area contributed by atoms with Crippen LogP contribution in [0.15, 0.2) is 54.6 Å². The van der Waals surface area contributed by atoms with E-state index in [4.69, 9.17) is 4.74 Å². The third-order valence-electron chi connectivity index (χ3n) is 5.35. The van der Waals surface area contributed by atoms with Gasteiger partial charge in [0.15, 0.2) is 5.82 Å². The molecule has 0 spiro atoms. The molecule has 1 aromatic heterocycles. The van der Waals surface area contributed by atoms with Crippen LogP contribution in [0.1, 0.15) is 24.8 Å². The van der Waals surface area contributed by atoms with E-state index in [0.717, 1.165) is 35.7 Å². The lowest BCUT2D eigenvalue weighted by Crippen LogP contribution is -2.30. The summed E-state index contributed by atoms with van der Waals surface area (Å²) in [6, 6.07) is 16.9.